The van der Waals surface area contributed by atoms with Crippen LogP contribution in [0.3, 0.4) is 0 Å². The molecule has 2 aromatic rings. The Morgan fingerprint density at radius 1 is 1.46 bits per heavy atom. The maximum atomic E-state index is 12.8. The van der Waals surface area contributed by atoms with Gasteiger partial charge in [0, 0.05) is 0 Å². The van der Waals surface area contributed by atoms with E-state index >= 15 is 0 Å². The first-order chi connectivity index (χ1) is 11.4. The maximum Gasteiger partial charge on any atom is 0.453 e. The van der Waals surface area contributed by atoms with E-state index in [0.717, 1.165) is 6.21 Å². The monoisotopic (exact) mass is 357 g/mol. The number of benzene rings is 1. The van der Waals surface area contributed by atoms with Crippen LogP contribution >= 0.6 is 12.2 Å². The fraction of sp³-hybridized carbons (Fsp3) is 0.231. The zero-order valence-electron chi connectivity index (χ0n) is 12.2. The van der Waals surface area contributed by atoms with Crippen LogP contribution in [0.2, 0.25) is 0 Å². The SMILES string of the molecule is COc1cc(/C=N\n2c(C(F)(F)F)n[nH]c2=S)ccc1OCC#N. The summed E-state index contributed by atoms with van der Waals surface area (Å²) < 4.78 is 48.8. The van der Waals surface area contributed by atoms with Gasteiger partial charge in [0.2, 0.25) is 4.77 Å². The largest absolute Gasteiger partial charge is 0.493 e. The summed E-state index contributed by atoms with van der Waals surface area (Å²) in [6, 6.07) is 6.36. The number of halogens is 3. The summed E-state index contributed by atoms with van der Waals surface area (Å²) in [7, 11) is 1.39. The third kappa shape index (κ3) is 3.90. The van der Waals surface area contributed by atoms with Gasteiger partial charge >= 0.3 is 6.18 Å². The van der Waals surface area contributed by atoms with Gasteiger partial charge in [-0.25, -0.2) is 5.10 Å². The van der Waals surface area contributed by atoms with Gasteiger partial charge < -0.3 is 9.47 Å². The van der Waals surface area contributed by atoms with Crippen molar-refractivity contribution < 1.29 is 22.6 Å². The highest BCUT2D eigenvalue weighted by atomic mass is 32.1. The lowest BCUT2D eigenvalue weighted by Crippen LogP contribution is -2.12. The zero-order chi connectivity index (χ0) is 17.7. The van der Waals surface area contributed by atoms with Crippen LogP contribution in [0.25, 0.3) is 0 Å². The molecule has 1 aromatic carbocycles. The molecule has 11 heteroatoms. The Labute approximate surface area is 138 Å². The van der Waals surface area contributed by atoms with Crippen LogP contribution in [0, 0.1) is 16.1 Å². The predicted octanol–water partition coefficient (Wildman–Crippen LogP) is 2.75. The highest BCUT2D eigenvalue weighted by molar-refractivity contribution is 7.71. The van der Waals surface area contributed by atoms with Crippen LogP contribution in [0.4, 0.5) is 13.2 Å². The van der Waals surface area contributed by atoms with E-state index in [0.29, 0.717) is 21.7 Å². The Balaban J connectivity index is 2.32. The summed E-state index contributed by atoms with van der Waals surface area (Å²) in [6.45, 7) is -0.164. The van der Waals surface area contributed by atoms with Crippen molar-refractivity contribution in [3.63, 3.8) is 0 Å². The molecule has 0 aliphatic heterocycles. The van der Waals surface area contributed by atoms with E-state index in [1.165, 1.54) is 25.3 Å². The maximum absolute atomic E-state index is 12.8. The standard InChI is InChI=1S/C13H10F3N5O2S/c1-22-10-6-8(2-3-9(10)23-5-4-17)7-18-21-11(13(14,15)16)19-20-12(21)24/h2-3,6-7H,5H2,1H3,(H,20,24)/b18-7-. The van der Waals surface area contributed by atoms with Gasteiger partial charge in [0.1, 0.15) is 6.07 Å². The first kappa shape index (κ1) is 17.5. The number of rotatable bonds is 5. The Morgan fingerprint density at radius 3 is 2.83 bits per heavy atom. The minimum atomic E-state index is -4.70. The molecule has 0 aliphatic carbocycles. The normalized spacial score (nSPS) is 11.5. The molecule has 0 bridgehead atoms. The quantitative estimate of drug-likeness (QED) is 0.657. The van der Waals surface area contributed by atoms with Gasteiger partial charge in [-0.2, -0.15) is 28.2 Å². The lowest BCUT2D eigenvalue weighted by molar-refractivity contribution is -0.147. The molecule has 0 saturated carbocycles. The minimum absolute atomic E-state index is 0.164. The van der Waals surface area contributed by atoms with Crippen LogP contribution in [0.5, 0.6) is 11.5 Å². The van der Waals surface area contributed by atoms with E-state index in [9.17, 15) is 13.2 Å². The van der Waals surface area contributed by atoms with Crippen molar-refractivity contribution in [1.82, 2.24) is 14.9 Å². The van der Waals surface area contributed by atoms with Gasteiger partial charge in [0.25, 0.3) is 5.82 Å². The van der Waals surface area contributed by atoms with E-state index in [4.69, 9.17) is 27.0 Å². The summed E-state index contributed by atoms with van der Waals surface area (Å²) in [5.41, 5.74) is 0.437. The summed E-state index contributed by atoms with van der Waals surface area (Å²) in [6.07, 6.45) is -3.53. The Bertz CT molecular complexity index is 851. The Morgan fingerprint density at radius 2 is 2.21 bits per heavy atom. The molecule has 0 radical (unpaired) electrons. The molecule has 0 atom stereocenters. The molecule has 1 heterocycles. The molecule has 0 unspecified atom stereocenters. The van der Waals surface area contributed by atoms with E-state index in [-0.39, 0.29) is 11.4 Å². The summed E-state index contributed by atoms with van der Waals surface area (Å²) >= 11 is 4.73. The van der Waals surface area contributed by atoms with E-state index in [1.807, 2.05) is 6.07 Å². The van der Waals surface area contributed by atoms with E-state index in [2.05, 4.69) is 15.3 Å². The third-order valence-corrected chi connectivity index (χ3v) is 2.97. The molecular formula is C13H10F3N5O2S. The molecule has 2 rings (SSSR count). The number of H-pyrrole nitrogens is 1. The lowest BCUT2D eigenvalue weighted by Gasteiger charge is -2.08. The number of nitrogens with zero attached hydrogens (tertiary/aromatic N) is 4. The first-order valence-electron chi connectivity index (χ1n) is 6.33. The topological polar surface area (TPSA) is 88.2 Å². The number of nitrogens with one attached hydrogen (secondary N) is 1. The number of nitriles is 1. The lowest BCUT2D eigenvalue weighted by atomic mass is 10.2. The van der Waals surface area contributed by atoms with Crippen LogP contribution in [0.1, 0.15) is 11.4 Å². The van der Waals surface area contributed by atoms with Crippen molar-refractivity contribution in [3.05, 3.63) is 34.4 Å². The average molecular weight is 357 g/mol. The molecule has 24 heavy (non-hydrogen) atoms. The van der Waals surface area contributed by atoms with Crippen LogP contribution in [-0.2, 0) is 6.18 Å². The number of alkyl halides is 3. The molecule has 0 amide bonds. The predicted molar refractivity (Wildman–Crippen MR) is 79.5 cm³/mol. The zero-order valence-corrected chi connectivity index (χ0v) is 13.0. The second-order valence-electron chi connectivity index (χ2n) is 4.26. The molecule has 0 spiro atoms. The molecule has 1 N–H and O–H groups in total. The van der Waals surface area contributed by atoms with Gasteiger partial charge in [0.15, 0.2) is 18.1 Å². The van der Waals surface area contributed by atoms with Gasteiger partial charge in [-0.15, -0.1) is 5.10 Å². The first-order valence-corrected chi connectivity index (χ1v) is 6.74. The second kappa shape index (κ2) is 7.14. The average Bonchev–Trinajstić information content (AvgIpc) is 2.92. The molecule has 0 fully saturated rings. The summed E-state index contributed by atoms with van der Waals surface area (Å²) in [5.74, 6) is -0.627. The number of methoxy groups -OCH3 is 1. The second-order valence-corrected chi connectivity index (χ2v) is 4.65. The number of hydrogen-bond donors (Lipinski definition) is 1. The van der Waals surface area contributed by atoms with Gasteiger partial charge in [-0.3, -0.25) is 0 Å². The highest BCUT2D eigenvalue weighted by Gasteiger charge is 2.37. The van der Waals surface area contributed by atoms with Crippen molar-refractivity contribution in [2.24, 2.45) is 5.10 Å². The fourth-order valence-electron chi connectivity index (χ4n) is 1.70. The smallest absolute Gasteiger partial charge is 0.453 e. The fourth-order valence-corrected chi connectivity index (χ4v) is 1.88. The number of aromatic amines is 1. The van der Waals surface area contributed by atoms with Crippen molar-refractivity contribution in [1.29, 1.82) is 5.26 Å². The van der Waals surface area contributed by atoms with Crippen molar-refractivity contribution in [2.45, 2.75) is 6.18 Å². The van der Waals surface area contributed by atoms with E-state index < -0.39 is 12.0 Å². The third-order valence-electron chi connectivity index (χ3n) is 2.71. The van der Waals surface area contributed by atoms with Crippen LogP contribution in [0.15, 0.2) is 23.3 Å². The highest BCUT2D eigenvalue weighted by Crippen LogP contribution is 2.28. The van der Waals surface area contributed by atoms with Crippen LogP contribution < -0.4 is 9.47 Å². The number of ether oxygens (including phenoxy) is 2. The van der Waals surface area contributed by atoms with Crippen LogP contribution in [-0.4, -0.2) is 34.8 Å². The van der Waals surface area contributed by atoms with E-state index in [1.54, 1.807) is 0 Å². The molecule has 126 valence electrons. The van der Waals surface area contributed by atoms with Crippen molar-refractivity contribution in [2.75, 3.05) is 13.7 Å². The molecule has 1 aromatic heterocycles. The van der Waals surface area contributed by atoms with Gasteiger partial charge in [0.05, 0.1) is 13.3 Å². The summed E-state index contributed by atoms with van der Waals surface area (Å²) in [4.78, 5) is 0. The van der Waals surface area contributed by atoms with Crippen molar-refractivity contribution >= 4 is 18.4 Å². The number of aromatic nitrogens is 3. The van der Waals surface area contributed by atoms with Crippen molar-refractivity contribution in [3.8, 4) is 17.6 Å². The molecule has 0 saturated heterocycles. The Hall–Kier alpha value is -2.87. The molecule has 7 nitrogen and oxygen atoms in total. The van der Waals surface area contributed by atoms with Gasteiger partial charge in [-0.1, -0.05) is 0 Å². The molecule has 0 aliphatic rings. The Kier molecular flexibility index (Phi) is 5.20. The minimum Gasteiger partial charge on any atom is -0.493 e. The summed E-state index contributed by atoms with van der Waals surface area (Å²) in [5, 5.41) is 17.4. The van der Waals surface area contributed by atoms with Gasteiger partial charge in [-0.05, 0) is 36.0 Å². The molecular weight excluding hydrogens is 347 g/mol. The number of hydrogen-bond acceptors (Lipinski definition) is 6.